The number of carbonyl (C=O) groups is 1. The van der Waals surface area contributed by atoms with E-state index in [1.165, 1.54) is 19.4 Å². The number of hydrogen-bond donors (Lipinski definition) is 3. The Morgan fingerprint density at radius 2 is 1.97 bits per heavy atom. The van der Waals surface area contributed by atoms with E-state index in [4.69, 9.17) is 9.47 Å². The number of aliphatic hydroxyl groups is 1. The van der Waals surface area contributed by atoms with Crippen LogP contribution >= 0.6 is 0 Å². The van der Waals surface area contributed by atoms with E-state index in [9.17, 15) is 23.1 Å². The molecule has 2 heterocycles. The Morgan fingerprint density at radius 3 is 2.62 bits per heavy atom. The average Bonchev–Trinajstić information content (AvgIpc) is 3.11. The van der Waals surface area contributed by atoms with Crippen LogP contribution in [0.5, 0.6) is 11.5 Å². The molecule has 0 aliphatic carbocycles. The lowest BCUT2D eigenvalue weighted by Crippen LogP contribution is -2.47. The molecule has 1 atom stereocenters. The second-order valence-electron chi connectivity index (χ2n) is 6.56. The molecule has 0 bridgehead atoms. The van der Waals surface area contributed by atoms with Crippen LogP contribution in [0.4, 0.5) is 18.0 Å². The van der Waals surface area contributed by atoms with Crippen LogP contribution in [0.3, 0.4) is 0 Å². The Hall–Kier alpha value is -2.95. The number of hydrogen-bond acceptors (Lipinski definition) is 5. The van der Waals surface area contributed by atoms with Crippen LogP contribution in [0, 0.1) is 0 Å². The van der Waals surface area contributed by atoms with Gasteiger partial charge in [0.15, 0.2) is 11.5 Å². The van der Waals surface area contributed by atoms with Gasteiger partial charge in [0.2, 0.25) is 5.60 Å². The first-order valence-electron chi connectivity index (χ1n) is 8.88. The van der Waals surface area contributed by atoms with Gasteiger partial charge in [-0.25, -0.2) is 9.78 Å². The molecule has 3 rings (SSSR count). The highest BCUT2D eigenvalue weighted by molar-refractivity contribution is 5.73. The summed E-state index contributed by atoms with van der Waals surface area (Å²) >= 11 is 0. The predicted molar refractivity (Wildman–Crippen MR) is 95.4 cm³/mol. The van der Waals surface area contributed by atoms with Gasteiger partial charge in [-0.05, 0) is 17.7 Å². The molecular weight excluding hydrogens is 393 g/mol. The Morgan fingerprint density at radius 1 is 1.24 bits per heavy atom. The lowest BCUT2D eigenvalue weighted by molar-refractivity contribution is -0.272. The molecular formula is C18H21F3N4O4. The topological polar surface area (TPSA) is 97.6 Å². The number of aromatic nitrogens is 2. The smallest absolute Gasteiger partial charge is 0.424 e. The summed E-state index contributed by atoms with van der Waals surface area (Å²) in [5.41, 5.74) is -2.43. The third kappa shape index (κ3) is 4.56. The lowest BCUT2D eigenvalue weighted by atomic mass is 9.97. The van der Waals surface area contributed by atoms with Crippen molar-refractivity contribution in [3.63, 3.8) is 0 Å². The summed E-state index contributed by atoms with van der Waals surface area (Å²) in [6.45, 7) is 0.638. The van der Waals surface area contributed by atoms with Crippen LogP contribution in [0.25, 0.3) is 0 Å². The summed E-state index contributed by atoms with van der Waals surface area (Å²) in [5.74, 6) is 0.648. The number of halogens is 3. The summed E-state index contributed by atoms with van der Waals surface area (Å²) < 4.78 is 52.2. The zero-order valence-electron chi connectivity index (χ0n) is 15.6. The first-order chi connectivity index (χ1) is 13.7. The van der Waals surface area contributed by atoms with Crippen molar-refractivity contribution in [2.24, 2.45) is 7.05 Å². The Labute approximate surface area is 164 Å². The summed E-state index contributed by atoms with van der Waals surface area (Å²) in [6, 6.07) is 4.53. The molecule has 1 aliphatic heterocycles. The number of imidazole rings is 1. The average molecular weight is 414 g/mol. The van der Waals surface area contributed by atoms with E-state index in [0.29, 0.717) is 24.7 Å². The molecule has 1 aromatic carbocycles. The number of fused-ring (bicyclic) bond motifs is 1. The maximum Gasteiger partial charge on any atom is 0.424 e. The van der Waals surface area contributed by atoms with Crippen LogP contribution < -0.4 is 20.1 Å². The zero-order chi connectivity index (χ0) is 21.1. The number of nitrogens with zero attached hydrogens (tertiary/aromatic N) is 2. The number of urea groups is 1. The SMILES string of the molecule is Cn1ccnc1C(O)(CCNC(=O)NCc1ccc2c(c1)OCCO2)C(F)(F)F. The second-order valence-corrected chi connectivity index (χ2v) is 6.56. The third-order valence-electron chi connectivity index (χ3n) is 4.49. The highest BCUT2D eigenvalue weighted by Crippen LogP contribution is 2.40. The van der Waals surface area contributed by atoms with Crippen molar-refractivity contribution in [1.82, 2.24) is 20.2 Å². The normalized spacial score (nSPS) is 15.5. The van der Waals surface area contributed by atoms with Crippen LogP contribution in [0.2, 0.25) is 0 Å². The van der Waals surface area contributed by atoms with Crippen molar-refractivity contribution in [2.75, 3.05) is 19.8 Å². The van der Waals surface area contributed by atoms with Crippen LogP contribution in [0.1, 0.15) is 17.8 Å². The Kier molecular flexibility index (Phi) is 5.87. The van der Waals surface area contributed by atoms with Crippen molar-refractivity contribution in [2.45, 2.75) is 24.7 Å². The number of amides is 2. The fourth-order valence-corrected chi connectivity index (χ4v) is 2.94. The van der Waals surface area contributed by atoms with Gasteiger partial charge in [0, 0.05) is 39.0 Å². The molecule has 1 aliphatic rings. The van der Waals surface area contributed by atoms with E-state index in [1.54, 1.807) is 18.2 Å². The maximum absolute atomic E-state index is 13.4. The molecule has 2 amide bonds. The fraction of sp³-hybridized carbons (Fsp3) is 0.444. The number of nitrogens with one attached hydrogen (secondary N) is 2. The van der Waals surface area contributed by atoms with Crippen molar-refractivity contribution < 1.29 is 32.5 Å². The van der Waals surface area contributed by atoms with Gasteiger partial charge in [-0.1, -0.05) is 6.07 Å². The van der Waals surface area contributed by atoms with Gasteiger partial charge in [0.05, 0.1) is 0 Å². The Bertz CT molecular complexity index is 871. The van der Waals surface area contributed by atoms with Crippen molar-refractivity contribution in [3.05, 3.63) is 42.0 Å². The van der Waals surface area contributed by atoms with Gasteiger partial charge in [0.25, 0.3) is 0 Å². The standard InChI is InChI=1S/C18H21F3N4O4/c1-25-7-6-22-15(25)17(27,18(19,20)21)4-5-23-16(26)24-11-12-2-3-13-14(10-12)29-9-8-28-13/h2-3,6-7,10,27H,4-5,8-9,11H2,1H3,(H2,23,24,26). The van der Waals surface area contributed by atoms with E-state index >= 15 is 0 Å². The van der Waals surface area contributed by atoms with Gasteiger partial charge in [0.1, 0.15) is 19.0 Å². The van der Waals surface area contributed by atoms with Gasteiger partial charge in [-0.2, -0.15) is 13.2 Å². The van der Waals surface area contributed by atoms with Gasteiger partial charge in [-0.3, -0.25) is 0 Å². The third-order valence-corrected chi connectivity index (χ3v) is 4.49. The number of rotatable bonds is 6. The number of alkyl halides is 3. The molecule has 11 heteroatoms. The predicted octanol–water partition coefficient (Wildman–Crippen LogP) is 1.83. The van der Waals surface area contributed by atoms with E-state index in [-0.39, 0.29) is 6.54 Å². The minimum absolute atomic E-state index is 0.144. The molecule has 1 aromatic heterocycles. The first kappa shape index (κ1) is 20.8. The number of carbonyl (C=O) groups excluding carboxylic acids is 1. The number of ether oxygens (including phenoxy) is 2. The second kappa shape index (κ2) is 8.19. The van der Waals surface area contributed by atoms with Gasteiger partial charge in [-0.15, -0.1) is 0 Å². The number of benzene rings is 1. The van der Waals surface area contributed by atoms with Gasteiger partial charge >= 0.3 is 12.2 Å². The molecule has 1 unspecified atom stereocenters. The van der Waals surface area contributed by atoms with Crippen LogP contribution in [0.15, 0.2) is 30.6 Å². The molecule has 2 aromatic rings. The van der Waals surface area contributed by atoms with Crippen LogP contribution in [-0.4, -0.2) is 46.6 Å². The summed E-state index contributed by atoms with van der Waals surface area (Å²) in [4.78, 5) is 15.5. The minimum Gasteiger partial charge on any atom is -0.486 e. The molecule has 0 radical (unpaired) electrons. The summed E-state index contributed by atoms with van der Waals surface area (Å²) in [6.07, 6.45) is -3.26. The molecule has 0 saturated heterocycles. The monoisotopic (exact) mass is 414 g/mol. The van der Waals surface area contributed by atoms with E-state index < -0.39 is 36.6 Å². The largest absolute Gasteiger partial charge is 0.486 e. The Balaban J connectivity index is 1.53. The molecule has 0 saturated carbocycles. The molecule has 3 N–H and O–H groups in total. The van der Waals surface area contributed by atoms with Crippen molar-refractivity contribution in [3.8, 4) is 11.5 Å². The molecule has 158 valence electrons. The highest BCUT2D eigenvalue weighted by atomic mass is 19.4. The zero-order valence-corrected chi connectivity index (χ0v) is 15.6. The van der Waals surface area contributed by atoms with Crippen molar-refractivity contribution in [1.29, 1.82) is 0 Å². The highest BCUT2D eigenvalue weighted by Gasteiger charge is 2.57. The van der Waals surface area contributed by atoms with E-state index in [0.717, 1.165) is 10.1 Å². The first-order valence-corrected chi connectivity index (χ1v) is 8.88. The van der Waals surface area contributed by atoms with Crippen LogP contribution in [-0.2, 0) is 19.2 Å². The number of aryl methyl sites for hydroxylation is 1. The fourth-order valence-electron chi connectivity index (χ4n) is 2.94. The molecule has 8 nitrogen and oxygen atoms in total. The minimum atomic E-state index is -4.95. The van der Waals surface area contributed by atoms with E-state index in [2.05, 4.69) is 15.6 Å². The molecule has 0 spiro atoms. The van der Waals surface area contributed by atoms with Gasteiger partial charge < -0.3 is 29.8 Å². The quantitative estimate of drug-likeness (QED) is 0.670. The molecule has 0 fully saturated rings. The maximum atomic E-state index is 13.4. The summed E-state index contributed by atoms with van der Waals surface area (Å²) in [7, 11) is 1.35. The molecule has 29 heavy (non-hydrogen) atoms. The van der Waals surface area contributed by atoms with Crippen molar-refractivity contribution >= 4 is 6.03 Å². The van der Waals surface area contributed by atoms with E-state index in [1.807, 2.05) is 0 Å². The lowest BCUT2D eigenvalue weighted by Gasteiger charge is -2.29. The summed E-state index contributed by atoms with van der Waals surface area (Å²) in [5, 5.41) is 15.1.